The van der Waals surface area contributed by atoms with E-state index in [2.05, 4.69) is 20.6 Å². The van der Waals surface area contributed by atoms with Crippen molar-refractivity contribution in [1.82, 2.24) is 10.3 Å². The second kappa shape index (κ2) is 10.4. The van der Waals surface area contributed by atoms with E-state index >= 15 is 0 Å². The summed E-state index contributed by atoms with van der Waals surface area (Å²) in [5.41, 5.74) is 0.0308. The number of nitrogens with one attached hydrogen (secondary N) is 2. The lowest BCUT2D eigenvalue weighted by atomic mass is 10.1. The van der Waals surface area contributed by atoms with Gasteiger partial charge in [0.1, 0.15) is 23.0 Å². The van der Waals surface area contributed by atoms with Crippen LogP contribution >= 0.6 is 0 Å². The van der Waals surface area contributed by atoms with Gasteiger partial charge in [-0.3, -0.25) is 14.8 Å². The topological polar surface area (TPSA) is 95.8 Å². The standard InChI is InChI=1S/C25H21F3N4O3/c26-25(27,28)21-13-18(6-5-17(21)15-33)32-23(34)7-4-16-2-1-3-19(12-16)35-20-8-9-29-22(14-20)24-30-10-11-31-24/h1-9,12-14,33H,10-11,15H2,(H,30,31)(H,32,34)/b7-4+. The van der Waals surface area contributed by atoms with Crippen LogP contribution < -0.4 is 15.4 Å². The van der Waals surface area contributed by atoms with E-state index in [1.807, 2.05) is 0 Å². The number of hydrogen-bond donors (Lipinski definition) is 3. The number of aromatic nitrogens is 1. The summed E-state index contributed by atoms with van der Waals surface area (Å²) >= 11 is 0. The van der Waals surface area contributed by atoms with E-state index in [1.165, 1.54) is 18.2 Å². The first-order valence-electron chi connectivity index (χ1n) is 10.6. The van der Waals surface area contributed by atoms with Crippen LogP contribution in [-0.2, 0) is 17.6 Å². The van der Waals surface area contributed by atoms with Gasteiger partial charge < -0.3 is 20.5 Å². The van der Waals surface area contributed by atoms with Crippen molar-refractivity contribution < 1.29 is 27.8 Å². The highest BCUT2D eigenvalue weighted by Gasteiger charge is 2.33. The third-order valence-electron chi connectivity index (χ3n) is 5.02. The van der Waals surface area contributed by atoms with Crippen molar-refractivity contribution >= 4 is 23.5 Å². The largest absolute Gasteiger partial charge is 0.457 e. The van der Waals surface area contributed by atoms with Crippen molar-refractivity contribution in [2.24, 2.45) is 4.99 Å². The molecule has 4 rings (SSSR count). The Labute approximate surface area is 199 Å². The van der Waals surface area contributed by atoms with E-state index in [0.29, 0.717) is 35.1 Å². The molecule has 1 aliphatic rings. The van der Waals surface area contributed by atoms with Crippen molar-refractivity contribution in [3.8, 4) is 11.5 Å². The van der Waals surface area contributed by atoms with Crippen LogP contribution in [0.1, 0.15) is 22.4 Å². The average Bonchev–Trinajstić information content (AvgIpc) is 3.38. The predicted molar refractivity (Wildman–Crippen MR) is 125 cm³/mol. The van der Waals surface area contributed by atoms with E-state index in [-0.39, 0.29) is 11.3 Å². The summed E-state index contributed by atoms with van der Waals surface area (Å²) in [5.74, 6) is 1.20. The van der Waals surface area contributed by atoms with Crippen LogP contribution in [0.25, 0.3) is 6.08 Å². The second-order valence-corrected chi connectivity index (χ2v) is 7.56. The average molecular weight is 482 g/mol. The minimum absolute atomic E-state index is 0.0314. The molecule has 35 heavy (non-hydrogen) atoms. The number of aliphatic hydroxyl groups is 1. The number of benzene rings is 2. The normalized spacial score (nSPS) is 13.4. The maximum atomic E-state index is 13.2. The van der Waals surface area contributed by atoms with Crippen LogP contribution in [-0.4, -0.2) is 34.9 Å². The van der Waals surface area contributed by atoms with Gasteiger partial charge in [0.2, 0.25) is 5.91 Å². The number of amidine groups is 1. The van der Waals surface area contributed by atoms with Crippen LogP contribution in [0.3, 0.4) is 0 Å². The number of carbonyl (C=O) groups is 1. The molecule has 0 spiro atoms. The number of halogens is 3. The van der Waals surface area contributed by atoms with Gasteiger partial charge in [0, 0.05) is 30.6 Å². The molecule has 0 radical (unpaired) electrons. The summed E-state index contributed by atoms with van der Waals surface area (Å²) in [5, 5.41) is 14.7. The Morgan fingerprint density at radius 1 is 1.14 bits per heavy atom. The molecule has 180 valence electrons. The third-order valence-corrected chi connectivity index (χ3v) is 5.02. The first kappa shape index (κ1) is 24.0. The zero-order chi connectivity index (χ0) is 24.8. The number of hydrogen-bond acceptors (Lipinski definition) is 6. The van der Waals surface area contributed by atoms with Gasteiger partial charge in [0.25, 0.3) is 0 Å². The lowest BCUT2D eigenvalue weighted by molar-refractivity contribution is -0.138. The Morgan fingerprint density at radius 2 is 1.97 bits per heavy atom. The molecule has 0 aliphatic carbocycles. The van der Waals surface area contributed by atoms with Gasteiger partial charge in [-0.05, 0) is 47.5 Å². The Kier molecular flexibility index (Phi) is 7.11. The molecule has 7 nitrogen and oxygen atoms in total. The summed E-state index contributed by atoms with van der Waals surface area (Å²) in [7, 11) is 0. The summed E-state index contributed by atoms with van der Waals surface area (Å²) in [4.78, 5) is 20.9. The van der Waals surface area contributed by atoms with Crippen LogP contribution in [0.4, 0.5) is 18.9 Å². The molecule has 0 atom stereocenters. The number of alkyl halides is 3. The molecule has 1 aromatic heterocycles. The Bertz CT molecular complexity index is 1290. The smallest absolute Gasteiger partial charge is 0.416 e. The van der Waals surface area contributed by atoms with Crippen molar-refractivity contribution in [2.45, 2.75) is 12.8 Å². The van der Waals surface area contributed by atoms with Crippen molar-refractivity contribution in [3.05, 3.63) is 89.3 Å². The monoisotopic (exact) mass is 482 g/mol. The number of aliphatic hydroxyl groups excluding tert-OH is 1. The molecule has 0 fully saturated rings. The predicted octanol–water partition coefficient (Wildman–Crippen LogP) is 4.39. The van der Waals surface area contributed by atoms with Crippen LogP contribution in [0.2, 0.25) is 0 Å². The first-order valence-corrected chi connectivity index (χ1v) is 10.6. The number of carbonyl (C=O) groups excluding carboxylic acids is 1. The fourth-order valence-corrected chi connectivity index (χ4v) is 3.40. The number of nitrogens with zero attached hydrogens (tertiary/aromatic N) is 2. The lowest BCUT2D eigenvalue weighted by Gasteiger charge is -2.13. The van der Waals surface area contributed by atoms with Gasteiger partial charge >= 0.3 is 6.18 Å². The van der Waals surface area contributed by atoms with E-state index in [0.717, 1.165) is 18.7 Å². The Hall–Kier alpha value is -4.18. The van der Waals surface area contributed by atoms with Crippen molar-refractivity contribution in [3.63, 3.8) is 0 Å². The van der Waals surface area contributed by atoms with Crippen LogP contribution in [0.15, 0.2) is 71.9 Å². The zero-order valence-electron chi connectivity index (χ0n) is 18.3. The third kappa shape index (κ3) is 6.24. The number of aliphatic imine (C=N–C) groups is 1. The molecule has 0 saturated carbocycles. The SMILES string of the molecule is O=C(/C=C/c1cccc(Oc2ccnc(C3=NCCN3)c2)c1)Nc1ccc(CO)c(C(F)(F)F)c1. The molecule has 1 amide bonds. The fraction of sp³-hybridized carbons (Fsp3) is 0.160. The molecule has 3 N–H and O–H groups in total. The number of amides is 1. The van der Waals surface area contributed by atoms with Gasteiger partial charge in [0.05, 0.1) is 18.7 Å². The summed E-state index contributed by atoms with van der Waals surface area (Å²) in [6.07, 6.45) is -0.296. The maximum Gasteiger partial charge on any atom is 0.416 e. The van der Waals surface area contributed by atoms with Crippen LogP contribution in [0, 0.1) is 0 Å². The first-order chi connectivity index (χ1) is 16.8. The van der Waals surface area contributed by atoms with Crippen LogP contribution in [0.5, 0.6) is 11.5 Å². The molecular formula is C25H21F3N4O3. The van der Waals surface area contributed by atoms with Gasteiger partial charge in [-0.2, -0.15) is 13.2 Å². The molecule has 2 aromatic carbocycles. The minimum atomic E-state index is -4.65. The molecule has 10 heteroatoms. The number of anilines is 1. The number of ether oxygens (including phenoxy) is 1. The molecule has 1 aliphatic heterocycles. The molecule has 2 heterocycles. The summed E-state index contributed by atoms with van der Waals surface area (Å²) in [6, 6.07) is 13.7. The van der Waals surface area contributed by atoms with Gasteiger partial charge in [-0.25, -0.2) is 0 Å². The second-order valence-electron chi connectivity index (χ2n) is 7.56. The van der Waals surface area contributed by atoms with E-state index < -0.39 is 24.3 Å². The van der Waals surface area contributed by atoms with Crippen molar-refractivity contribution in [2.75, 3.05) is 18.4 Å². The van der Waals surface area contributed by atoms with E-state index in [1.54, 1.807) is 42.6 Å². The van der Waals surface area contributed by atoms with E-state index in [4.69, 9.17) is 9.84 Å². The number of pyridine rings is 1. The molecule has 3 aromatic rings. The highest BCUT2D eigenvalue weighted by atomic mass is 19.4. The zero-order valence-corrected chi connectivity index (χ0v) is 18.3. The fourth-order valence-electron chi connectivity index (χ4n) is 3.40. The maximum absolute atomic E-state index is 13.2. The molecule has 0 saturated heterocycles. The molecule has 0 bridgehead atoms. The minimum Gasteiger partial charge on any atom is -0.457 e. The van der Waals surface area contributed by atoms with Gasteiger partial charge in [0.15, 0.2) is 0 Å². The summed E-state index contributed by atoms with van der Waals surface area (Å²) in [6.45, 7) is 0.705. The summed E-state index contributed by atoms with van der Waals surface area (Å²) < 4.78 is 45.4. The van der Waals surface area contributed by atoms with Gasteiger partial charge in [-0.15, -0.1) is 0 Å². The van der Waals surface area contributed by atoms with Crippen molar-refractivity contribution in [1.29, 1.82) is 0 Å². The van der Waals surface area contributed by atoms with E-state index in [9.17, 15) is 18.0 Å². The molecule has 0 unspecified atom stereocenters. The van der Waals surface area contributed by atoms with Gasteiger partial charge in [-0.1, -0.05) is 18.2 Å². The highest BCUT2D eigenvalue weighted by Crippen LogP contribution is 2.34. The number of rotatable bonds is 7. The highest BCUT2D eigenvalue weighted by molar-refractivity contribution is 6.02. The quantitative estimate of drug-likeness (QED) is 0.434. The Balaban J connectivity index is 1.42. The lowest BCUT2D eigenvalue weighted by Crippen LogP contribution is -2.20. The Morgan fingerprint density at radius 3 is 2.71 bits per heavy atom. The molecular weight excluding hydrogens is 461 g/mol.